The number of carbonyl (C=O) groups excluding carboxylic acids is 2. The van der Waals surface area contributed by atoms with Crippen LogP contribution in [0.25, 0.3) is 10.8 Å². The van der Waals surface area contributed by atoms with Crippen LogP contribution in [0.3, 0.4) is 0 Å². The summed E-state index contributed by atoms with van der Waals surface area (Å²) in [4.78, 5) is 23.9. The van der Waals surface area contributed by atoms with Crippen molar-refractivity contribution in [1.29, 1.82) is 0 Å². The summed E-state index contributed by atoms with van der Waals surface area (Å²) in [5, 5.41) is 14.0. The smallest absolute Gasteiger partial charge is 0.359 e. The molecule has 0 radical (unpaired) electrons. The fraction of sp³-hybridized carbons (Fsp3) is 0.250. The quantitative estimate of drug-likeness (QED) is 0.664. The molecule has 2 N–H and O–H groups in total. The molecule has 0 saturated heterocycles. The van der Waals surface area contributed by atoms with Crippen LogP contribution < -0.4 is 5.32 Å². The minimum absolute atomic E-state index is 0.124. The third-order valence-corrected chi connectivity index (χ3v) is 3.06. The normalized spacial score (nSPS) is 13.5. The molecule has 0 aliphatic rings. The lowest BCUT2D eigenvalue weighted by molar-refractivity contribution is -0.165. The van der Waals surface area contributed by atoms with Gasteiger partial charge in [-0.3, -0.25) is 4.79 Å². The highest BCUT2D eigenvalue weighted by Gasteiger charge is 2.34. The number of hydrogen-bond donors (Lipinski definition) is 2. The Labute approximate surface area is 122 Å². The van der Waals surface area contributed by atoms with Crippen LogP contribution in [-0.2, 0) is 9.53 Å². The molecule has 0 aliphatic heterocycles. The van der Waals surface area contributed by atoms with Crippen molar-refractivity contribution in [2.75, 3.05) is 6.61 Å². The fourth-order valence-corrected chi connectivity index (χ4v) is 2.03. The SMILES string of the molecule is CCOC(=O)C(C)(O)NC(=O)c1cccc2ccccc12. The van der Waals surface area contributed by atoms with Crippen LogP contribution in [0.4, 0.5) is 0 Å². The minimum Gasteiger partial charge on any atom is -0.462 e. The number of rotatable bonds is 4. The Hall–Kier alpha value is -2.40. The Morgan fingerprint density at radius 2 is 1.86 bits per heavy atom. The van der Waals surface area contributed by atoms with Crippen LogP contribution in [0.1, 0.15) is 24.2 Å². The van der Waals surface area contributed by atoms with Crippen molar-refractivity contribution in [3.05, 3.63) is 48.0 Å². The molecular formula is C16H17NO4. The third-order valence-electron chi connectivity index (χ3n) is 3.06. The summed E-state index contributed by atoms with van der Waals surface area (Å²) in [7, 11) is 0. The lowest BCUT2D eigenvalue weighted by Gasteiger charge is -2.22. The van der Waals surface area contributed by atoms with Crippen LogP contribution in [0.5, 0.6) is 0 Å². The molecule has 1 unspecified atom stereocenters. The predicted octanol–water partition coefficient (Wildman–Crippen LogP) is 1.84. The van der Waals surface area contributed by atoms with Gasteiger partial charge in [0.15, 0.2) is 0 Å². The highest BCUT2D eigenvalue weighted by Crippen LogP contribution is 2.19. The van der Waals surface area contributed by atoms with E-state index in [0.717, 1.165) is 10.8 Å². The van der Waals surface area contributed by atoms with Crippen LogP contribution in [0.15, 0.2) is 42.5 Å². The first-order valence-electron chi connectivity index (χ1n) is 6.65. The van der Waals surface area contributed by atoms with Crippen molar-refractivity contribution in [2.24, 2.45) is 0 Å². The highest BCUT2D eigenvalue weighted by atomic mass is 16.6. The lowest BCUT2D eigenvalue weighted by Crippen LogP contribution is -2.53. The van der Waals surface area contributed by atoms with Crippen molar-refractivity contribution >= 4 is 22.6 Å². The minimum atomic E-state index is -2.07. The molecule has 110 valence electrons. The monoisotopic (exact) mass is 287 g/mol. The number of aliphatic hydroxyl groups is 1. The van der Waals surface area contributed by atoms with Gasteiger partial charge in [0, 0.05) is 5.56 Å². The van der Waals surface area contributed by atoms with E-state index in [9.17, 15) is 14.7 Å². The van der Waals surface area contributed by atoms with E-state index in [1.807, 2.05) is 30.3 Å². The Morgan fingerprint density at radius 3 is 2.57 bits per heavy atom. The molecule has 21 heavy (non-hydrogen) atoms. The molecule has 0 heterocycles. The molecule has 2 aromatic carbocycles. The summed E-state index contributed by atoms with van der Waals surface area (Å²) >= 11 is 0. The second-order valence-corrected chi connectivity index (χ2v) is 4.77. The zero-order chi connectivity index (χ0) is 15.5. The number of esters is 1. The van der Waals surface area contributed by atoms with Gasteiger partial charge >= 0.3 is 5.97 Å². The zero-order valence-corrected chi connectivity index (χ0v) is 11.9. The first kappa shape index (κ1) is 15.0. The zero-order valence-electron chi connectivity index (χ0n) is 11.9. The number of hydrogen-bond acceptors (Lipinski definition) is 4. The number of carbonyl (C=O) groups is 2. The molecule has 2 aromatic rings. The first-order chi connectivity index (χ1) is 9.95. The van der Waals surface area contributed by atoms with Crippen molar-refractivity contribution in [2.45, 2.75) is 19.6 Å². The fourth-order valence-electron chi connectivity index (χ4n) is 2.03. The molecule has 1 amide bonds. The number of ether oxygens (including phenoxy) is 1. The Bertz CT molecular complexity index is 674. The van der Waals surface area contributed by atoms with Gasteiger partial charge in [0.2, 0.25) is 5.72 Å². The second kappa shape index (κ2) is 5.93. The van der Waals surface area contributed by atoms with E-state index in [4.69, 9.17) is 4.74 Å². The van der Waals surface area contributed by atoms with Crippen LogP contribution >= 0.6 is 0 Å². The number of fused-ring (bicyclic) bond motifs is 1. The summed E-state index contributed by atoms with van der Waals surface area (Å²) < 4.78 is 4.73. The maximum Gasteiger partial charge on any atom is 0.359 e. The topological polar surface area (TPSA) is 75.6 Å². The first-order valence-corrected chi connectivity index (χ1v) is 6.65. The Balaban J connectivity index is 2.29. The van der Waals surface area contributed by atoms with E-state index in [-0.39, 0.29) is 6.61 Å². The van der Waals surface area contributed by atoms with Crippen LogP contribution in [-0.4, -0.2) is 29.3 Å². The third kappa shape index (κ3) is 3.20. The van der Waals surface area contributed by atoms with Gasteiger partial charge in [0.1, 0.15) is 0 Å². The van der Waals surface area contributed by atoms with Crippen LogP contribution in [0.2, 0.25) is 0 Å². The van der Waals surface area contributed by atoms with E-state index in [1.165, 1.54) is 6.92 Å². The van der Waals surface area contributed by atoms with E-state index >= 15 is 0 Å². The molecule has 5 heteroatoms. The van der Waals surface area contributed by atoms with E-state index in [0.29, 0.717) is 5.56 Å². The molecule has 0 aromatic heterocycles. The Morgan fingerprint density at radius 1 is 1.19 bits per heavy atom. The molecule has 0 saturated carbocycles. The molecule has 1 atom stereocenters. The molecule has 0 aliphatic carbocycles. The van der Waals surface area contributed by atoms with Gasteiger partial charge in [0.05, 0.1) is 6.61 Å². The van der Waals surface area contributed by atoms with Crippen molar-refractivity contribution in [3.8, 4) is 0 Å². The summed E-state index contributed by atoms with van der Waals surface area (Å²) in [5.74, 6) is -1.43. The van der Waals surface area contributed by atoms with Crippen molar-refractivity contribution in [1.82, 2.24) is 5.32 Å². The number of amides is 1. The molecule has 2 rings (SSSR count). The maximum absolute atomic E-state index is 12.3. The standard InChI is InChI=1S/C16H17NO4/c1-3-21-15(19)16(2,20)17-14(18)13-10-6-8-11-7-4-5-9-12(11)13/h4-10,20H,3H2,1-2H3,(H,17,18). The maximum atomic E-state index is 12.3. The van der Waals surface area contributed by atoms with Gasteiger partial charge in [-0.2, -0.15) is 0 Å². The highest BCUT2D eigenvalue weighted by molar-refractivity contribution is 6.08. The van der Waals surface area contributed by atoms with Gasteiger partial charge < -0.3 is 15.2 Å². The van der Waals surface area contributed by atoms with E-state index in [1.54, 1.807) is 19.1 Å². The summed E-state index contributed by atoms with van der Waals surface area (Å²) in [6.45, 7) is 2.94. The van der Waals surface area contributed by atoms with Crippen molar-refractivity contribution < 1.29 is 19.4 Å². The van der Waals surface area contributed by atoms with Crippen LogP contribution in [0, 0.1) is 0 Å². The average molecular weight is 287 g/mol. The lowest BCUT2D eigenvalue weighted by atomic mass is 10.0. The van der Waals surface area contributed by atoms with Gasteiger partial charge in [-0.05, 0) is 30.7 Å². The summed E-state index contributed by atoms with van der Waals surface area (Å²) in [5.41, 5.74) is -1.68. The van der Waals surface area contributed by atoms with E-state index < -0.39 is 17.6 Å². The summed E-state index contributed by atoms with van der Waals surface area (Å²) in [6.07, 6.45) is 0. The van der Waals surface area contributed by atoms with Gasteiger partial charge in [0.25, 0.3) is 5.91 Å². The largest absolute Gasteiger partial charge is 0.462 e. The second-order valence-electron chi connectivity index (χ2n) is 4.77. The van der Waals surface area contributed by atoms with Gasteiger partial charge in [-0.25, -0.2) is 4.79 Å². The summed E-state index contributed by atoms with van der Waals surface area (Å²) in [6, 6.07) is 12.7. The van der Waals surface area contributed by atoms with Gasteiger partial charge in [-0.1, -0.05) is 36.4 Å². The predicted molar refractivity (Wildman–Crippen MR) is 78.7 cm³/mol. The molecular weight excluding hydrogens is 270 g/mol. The van der Waals surface area contributed by atoms with Gasteiger partial charge in [-0.15, -0.1) is 0 Å². The molecule has 0 fully saturated rings. The Kier molecular flexibility index (Phi) is 4.23. The molecule has 0 spiro atoms. The molecule has 0 bridgehead atoms. The average Bonchev–Trinajstić information content (AvgIpc) is 2.46. The number of nitrogens with one attached hydrogen (secondary N) is 1. The number of benzene rings is 2. The van der Waals surface area contributed by atoms with E-state index in [2.05, 4.69) is 5.32 Å². The molecule has 5 nitrogen and oxygen atoms in total. The van der Waals surface area contributed by atoms with Crippen molar-refractivity contribution in [3.63, 3.8) is 0 Å².